The average Bonchev–Trinajstić information content (AvgIpc) is 3.49. The van der Waals surface area contributed by atoms with Crippen LogP contribution in [0.2, 0.25) is 0 Å². The van der Waals surface area contributed by atoms with Crippen LogP contribution in [-0.4, -0.2) is 21.8 Å². The second-order valence-corrected chi connectivity index (χ2v) is 8.80. The number of nitrogens with one attached hydrogen (secondary N) is 2. The second-order valence-electron chi connectivity index (χ2n) is 8.80. The van der Waals surface area contributed by atoms with Crippen molar-refractivity contribution in [3.05, 3.63) is 65.1 Å². The number of aromatic nitrogens is 2. The van der Waals surface area contributed by atoms with E-state index in [2.05, 4.69) is 35.1 Å². The van der Waals surface area contributed by atoms with E-state index in [0.717, 1.165) is 35.0 Å². The minimum atomic E-state index is 0.110. The number of rotatable bonds is 14. The van der Waals surface area contributed by atoms with Gasteiger partial charge in [0.15, 0.2) is 0 Å². The van der Waals surface area contributed by atoms with Crippen molar-refractivity contribution in [3.8, 4) is 0 Å². The molecule has 2 N–H and O–H groups in total. The van der Waals surface area contributed by atoms with Crippen molar-refractivity contribution < 1.29 is 4.74 Å². The van der Waals surface area contributed by atoms with Crippen molar-refractivity contribution in [2.24, 2.45) is 4.99 Å². The first kappa shape index (κ1) is 23.2. The molecule has 0 aromatic carbocycles. The summed E-state index contributed by atoms with van der Waals surface area (Å²) in [6.07, 6.45) is 19.5. The number of nitrogens with zero attached hydrogens (tertiary/aromatic N) is 1. The first-order chi connectivity index (χ1) is 15.2. The molecule has 0 aliphatic carbocycles. The van der Waals surface area contributed by atoms with E-state index < -0.39 is 0 Å². The number of hydrogen-bond acceptors (Lipinski definition) is 2. The number of aliphatic imine (C=N–C) groups is 1. The summed E-state index contributed by atoms with van der Waals surface area (Å²) in [7, 11) is 0. The van der Waals surface area contributed by atoms with E-state index in [1.165, 1.54) is 63.5 Å². The third-order valence-corrected chi connectivity index (χ3v) is 5.61. The van der Waals surface area contributed by atoms with Crippen molar-refractivity contribution >= 4 is 11.8 Å². The Kier molecular flexibility index (Phi) is 9.26. The molecule has 31 heavy (non-hydrogen) atoms. The molecule has 4 heteroatoms. The molecule has 0 radical (unpaired) electrons. The summed E-state index contributed by atoms with van der Waals surface area (Å²) >= 11 is 0. The monoisotopic (exact) mass is 421 g/mol. The van der Waals surface area contributed by atoms with Crippen molar-refractivity contribution in [1.29, 1.82) is 0 Å². The number of allylic oxidation sites excluding steroid dienone is 1. The molecule has 0 saturated heterocycles. The maximum absolute atomic E-state index is 6.01. The third-order valence-electron chi connectivity index (χ3n) is 5.61. The van der Waals surface area contributed by atoms with E-state index in [1.54, 1.807) is 0 Å². The van der Waals surface area contributed by atoms with Crippen molar-refractivity contribution in [2.45, 2.75) is 91.1 Å². The normalized spacial score (nSPS) is 15.0. The lowest BCUT2D eigenvalue weighted by Crippen LogP contribution is -2.02. The number of hydrogen-bond donors (Lipinski definition) is 2. The summed E-state index contributed by atoms with van der Waals surface area (Å²) < 4.78 is 6.01. The van der Waals surface area contributed by atoms with Crippen molar-refractivity contribution in [2.75, 3.05) is 0 Å². The smallest absolute Gasteiger partial charge is 0.147 e. The lowest BCUT2D eigenvalue weighted by Gasteiger charge is -2.10. The molecule has 2 aromatic heterocycles. The predicted molar refractivity (Wildman–Crippen MR) is 131 cm³/mol. The average molecular weight is 422 g/mol. The summed E-state index contributed by atoms with van der Waals surface area (Å²) in [6, 6.07) is 8.36. The van der Waals surface area contributed by atoms with Crippen LogP contribution < -0.4 is 0 Å². The fraction of sp³-hybridized carbons (Fsp3) is 0.519. The van der Waals surface area contributed by atoms with Gasteiger partial charge in [-0.3, -0.25) is 0 Å². The number of aromatic amines is 2. The molecule has 0 fully saturated rings. The molecule has 3 heterocycles. The van der Waals surface area contributed by atoms with Gasteiger partial charge in [0.2, 0.25) is 0 Å². The fourth-order valence-corrected chi connectivity index (χ4v) is 3.96. The molecule has 1 aliphatic rings. The van der Waals surface area contributed by atoms with Gasteiger partial charge < -0.3 is 14.7 Å². The van der Waals surface area contributed by atoms with E-state index >= 15 is 0 Å². The van der Waals surface area contributed by atoms with E-state index in [9.17, 15) is 0 Å². The molecular formula is C27H39N3O. The summed E-state index contributed by atoms with van der Waals surface area (Å²) in [4.78, 5) is 11.6. The zero-order valence-electron chi connectivity index (χ0n) is 19.5. The Balaban J connectivity index is 1.50. The van der Waals surface area contributed by atoms with Crippen LogP contribution in [-0.2, 0) is 11.2 Å². The molecule has 0 atom stereocenters. The lowest BCUT2D eigenvalue weighted by molar-refractivity contribution is 0.155. The number of ether oxygens (including phenoxy) is 1. The minimum Gasteiger partial charge on any atom is -0.489 e. The quantitative estimate of drug-likeness (QED) is 0.304. The molecule has 4 nitrogen and oxygen atoms in total. The summed E-state index contributed by atoms with van der Waals surface area (Å²) in [5.41, 5.74) is 5.17. The maximum atomic E-state index is 6.01. The van der Waals surface area contributed by atoms with Crippen LogP contribution in [0.25, 0.3) is 6.08 Å². The molecule has 3 rings (SSSR count). The van der Waals surface area contributed by atoms with Gasteiger partial charge in [0.05, 0.1) is 17.5 Å². The van der Waals surface area contributed by atoms with Crippen LogP contribution in [0.1, 0.15) is 95.6 Å². The molecule has 0 unspecified atom stereocenters. The van der Waals surface area contributed by atoms with Crippen LogP contribution in [0.3, 0.4) is 0 Å². The van der Waals surface area contributed by atoms with Crippen molar-refractivity contribution in [3.63, 3.8) is 0 Å². The van der Waals surface area contributed by atoms with Gasteiger partial charge in [0.1, 0.15) is 11.5 Å². The SMILES string of the molecule is CCCCCCCCCCCc1ccc(/C=C2/N=C(c3ccc[nH]3)C=C2OC(C)C)[nH]1. The van der Waals surface area contributed by atoms with Gasteiger partial charge in [0.25, 0.3) is 0 Å². The van der Waals surface area contributed by atoms with Gasteiger partial charge in [-0.2, -0.15) is 0 Å². The van der Waals surface area contributed by atoms with Gasteiger partial charge in [0, 0.05) is 23.7 Å². The van der Waals surface area contributed by atoms with Crippen LogP contribution >= 0.6 is 0 Å². The minimum absolute atomic E-state index is 0.110. The zero-order valence-corrected chi connectivity index (χ0v) is 19.5. The highest BCUT2D eigenvalue weighted by atomic mass is 16.5. The van der Waals surface area contributed by atoms with E-state index in [4.69, 9.17) is 9.73 Å². The lowest BCUT2D eigenvalue weighted by atomic mass is 10.1. The van der Waals surface area contributed by atoms with Gasteiger partial charge in [-0.25, -0.2) is 4.99 Å². The third kappa shape index (κ3) is 7.61. The summed E-state index contributed by atoms with van der Waals surface area (Å²) in [6.45, 7) is 6.37. The van der Waals surface area contributed by atoms with Gasteiger partial charge in [-0.05, 0) is 57.0 Å². The number of unbranched alkanes of at least 4 members (excludes halogenated alkanes) is 8. The molecule has 1 aliphatic heterocycles. The Morgan fingerprint density at radius 2 is 1.71 bits per heavy atom. The summed E-state index contributed by atoms with van der Waals surface area (Å²) in [5, 5.41) is 0. The highest BCUT2D eigenvalue weighted by molar-refractivity contribution is 6.11. The molecule has 0 bridgehead atoms. The number of aryl methyl sites for hydroxylation is 1. The topological polar surface area (TPSA) is 53.2 Å². The van der Waals surface area contributed by atoms with Crippen LogP contribution in [0.15, 0.2) is 53.0 Å². The van der Waals surface area contributed by atoms with Crippen LogP contribution in [0.4, 0.5) is 0 Å². The van der Waals surface area contributed by atoms with E-state index in [0.29, 0.717) is 0 Å². The van der Waals surface area contributed by atoms with E-state index in [-0.39, 0.29) is 6.10 Å². The Hall–Kier alpha value is -2.49. The van der Waals surface area contributed by atoms with Crippen LogP contribution in [0, 0.1) is 0 Å². The first-order valence-electron chi connectivity index (χ1n) is 12.2. The zero-order chi connectivity index (χ0) is 21.9. The predicted octanol–water partition coefficient (Wildman–Crippen LogP) is 7.57. The fourth-order valence-electron chi connectivity index (χ4n) is 3.96. The molecule has 0 spiro atoms. The van der Waals surface area contributed by atoms with Crippen molar-refractivity contribution in [1.82, 2.24) is 9.97 Å². The number of H-pyrrole nitrogens is 2. The second kappa shape index (κ2) is 12.4. The van der Waals surface area contributed by atoms with Gasteiger partial charge in [-0.15, -0.1) is 0 Å². The Morgan fingerprint density at radius 1 is 0.968 bits per heavy atom. The van der Waals surface area contributed by atoms with E-state index in [1.807, 2.05) is 38.3 Å². The highest BCUT2D eigenvalue weighted by Crippen LogP contribution is 2.26. The molecule has 2 aromatic rings. The largest absolute Gasteiger partial charge is 0.489 e. The Labute approximate surface area is 187 Å². The molecule has 0 amide bonds. The molecule has 0 saturated carbocycles. The molecule has 168 valence electrons. The Morgan fingerprint density at radius 3 is 2.39 bits per heavy atom. The van der Waals surface area contributed by atoms with Gasteiger partial charge >= 0.3 is 0 Å². The summed E-state index contributed by atoms with van der Waals surface area (Å²) in [5.74, 6) is 0.828. The standard InChI is InChI=1S/C27H39N3O/c1-4-5-6-7-8-9-10-11-12-14-22-16-17-23(29-22)19-26-27(31-21(2)3)20-25(30-26)24-15-13-18-28-24/h13,15-21,28-29H,4-12,14H2,1-3H3/b26-19+. The highest BCUT2D eigenvalue weighted by Gasteiger charge is 2.19. The van der Waals surface area contributed by atoms with Crippen LogP contribution in [0.5, 0.6) is 0 Å². The maximum Gasteiger partial charge on any atom is 0.147 e. The van der Waals surface area contributed by atoms with Gasteiger partial charge in [-0.1, -0.05) is 58.3 Å². The molecular weight excluding hydrogens is 382 g/mol. The Bertz CT molecular complexity index is 868. The first-order valence-corrected chi connectivity index (χ1v) is 12.2.